The summed E-state index contributed by atoms with van der Waals surface area (Å²) in [5.41, 5.74) is -1.19. The van der Waals surface area contributed by atoms with Crippen LogP contribution in [0.5, 0.6) is 0 Å². The van der Waals surface area contributed by atoms with Crippen LogP contribution in [0, 0.1) is 5.95 Å². The van der Waals surface area contributed by atoms with E-state index in [1.807, 2.05) is 0 Å². The first-order valence-corrected chi connectivity index (χ1v) is 8.22. The second kappa shape index (κ2) is 8.28. The van der Waals surface area contributed by atoms with Crippen LogP contribution in [0.1, 0.15) is 41.1 Å². The summed E-state index contributed by atoms with van der Waals surface area (Å²) in [7, 11) is 2.53. The third-order valence-electron chi connectivity index (χ3n) is 3.77. The molecule has 26 heavy (non-hydrogen) atoms. The standard InChI is InChI=1S/C16H16Cl2F3N3O2/c1-7(13(26-3)9-5-4-8(17)6-10(9)18)22-16(25)11-12(14(19)20)23-24(2)15(11)21/h4-7,13-14H,1-3H3,(H,22,25). The normalized spacial score (nSPS) is 13.7. The van der Waals surface area contributed by atoms with Crippen molar-refractivity contribution in [2.45, 2.75) is 25.5 Å². The fraction of sp³-hybridized carbons (Fsp3) is 0.375. The summed E-state index contributed by atoms with van der Waals surface area (Å²) in [6.07, 6.45) is -3.80. The number of carbonyl (C=O) groups excluding carboxylic acids is 1. The maximum Gasteiger partial charge on any atom is 0.283 e. The SMILES string of the molecule is COC(c1ccc(Cl)cc1Cl)C(C)NC(=O)c1c(C(F)F)nn(C)c1F. The molecule has 0 radical (unpaired) electrons. The van der Waals surface area contributed by atoms with E-state index in [1.165, 1.54) is 13.2 Å². The number of carbonyl (C=O) groups is 1. The molecule has 0 saturated heterocycles. The lowest BCUT2D eigenvalue weighted by Gasteiger charge is -2.25. The highest BCUT2D eigenvalue weighted by molar-refractivity contribution is 6.35. The summed E-state index contributed by atoms with van der Waals surface area (Å²) in [6.45, 7) is 1.58. The monoisotopic (exact) mass is 409 g/mol. The molecule has 0 saturated carbocycles. The minimum Gasteiger partial charge on any atom is -0.375 e. The van der Waals surface area contributed by atoms with Gasteiger partial charge in [0.05, 0.1) is 6.04 Å². The molecule has 0 bridgehead atoms. The Bertz CT molecular complexity index is 814. The van der Waals surface area contributed by atoms with Gasteiger partial charge >= 0.3 is 0 Å². The second-order valence-electron chi connectivity index (χ2n) is 5.56. The van der Waals surface area contributed by atoms with Gasteiger partial charge in [-0.2, -0.15) is 9.49 Å². The van der Waals surface area contributed by atoms with Gasteiger partial charge in [0.25, 0.3) is 12.3 Å². The molecule has 1 aromatic carbocycles. The third kappa shape index (κ3) is 4.13. The van der Waals surface area contributed by atoms with Gasteiger partial charge in [0, 0.05) is 29.8 Å². The lowest BCUT2D eigenvalue weighted by molar-refractivity contribution is 0.0639. The zero-order chi connectivity index (χ0) is 19.6. The number of rotatable bonds is 6. The number of aromatic nitrogens is 2. The predicted octanol–water partition coefficient (Wildman–Crippen LogP) is 4.31. The number of hydrogen-bond acceptors (Lipinski definition) is 3. The first-order chi connectivity index (χ1) is 12.2. The molecule has 0 aliphatic carbocycles. The van der Waals surface area contributed by atoms with Crippen molar-refractivity contribution in [2.24, 2.45) is 7.05 Å². The zero-order valence-electron chi connectivity index (χ0n) is 14.1. The molecule has 10 heteroatoms. The van der Waals surface area contributed by atoms with Gasteiger partial charge in [-0.15, -0.1) is 0 Å². The molecule has 142 valence electrons. The molecule has 2 rings (SSSR count). The Labute approximate surface area is 158 Å². The van der Waals surface area contributed by atoms with Gasteiger partial charge in [-0.05, 0) is 19.1 Å². The molecule has 1 amide bonds. The molecule has 1 aromatic heterocycles. The van der Waals surface area contributed by atoms with E-state index < -0.39 is 41.7 Å². The van der Waals surface area contributed by atoms with Crippen molar-refractivity contribution in [3.05, 3.63) is 51.0 Å². The largest absolute Gasteiger partial charge is 0.375 e. The Morgan fingerprint density at radius 2 is 2.00 bits per heavy atom. The molecule has 0 aliphatic rings. The molecule has 5 nitrogen and oxygen atoms in total. The van der Waals surface area contributed by atoms with Crippen LogP contribution < -0.4 is 5.32 Å². The summed E-state index contributed by atoms with van der Waals surface area (Å²) in [5.74, 6) is -2.17. The molecule has 0 spiro atoms. The molecular formula is C16H16Cl2F3N3O2. The molecule has 2 atom stereocenters. The number of hydrogen-bond donors (Lipinski definition) is 1. The highest BCUT2D eigenvalue weighted by Crippen LogP contribution is 2.31. The van der Waals surface area contributed by atoms with Crippen LogP contribution in [0.4, 0.5) is 13.2 Å². The van der Waals surface area contributed by atoms with Crippen LogP contribution in [-0.2, 0) is 11.8 Å². The van der Waals surface area contributed by atoms with Gasteiger partial charge in [-0.25, -0.2) is 13.5 Å². The average Bonchev–Trinajstić information content (AvgIpc) is 2.86. The van der Waals surface area contributed by atoms with E-state index in [1.54, 1.807) is 19.1 Å². The van der Waals surface area contributed by atoms with Crippen LogP contribution in [0.3, 0.4) is 0 Å². The van der Waals surface area contributed by atoms with Crippen LogP contribution in [0.25, 0.3) is 0 Å². The van der Waals surface area contributed by atoms with Crippen molar-refractivity contribution in [1.82, 2.24) is 15.1 Å². The van der Waals surface area contributed by atoms with Crippen LogP contribution >= 0.6 is 23.2 Å². The number of alkyl halides is 2. The smallest absolute Gasteiger partial charge is 0.283 e. The van der Waals surface area contributed by atoms with Gasteiger partial charge in [0.15, 0.2) is 0 Å². The Morgan fingerprint density at radius 1 is 1.35 bits per heavy atom. The van der Waals surface area contributed by atoms with Crippen molar-refractivity contribution >= 4 is 29.1 Å². The molecule has 2 aromatic rings. The van der Waals surface area contributed by atoms with Crippen molar-refractivity contribution in [2.75, 3.05) is 7.11 Å². The summed E-state index contributed by atoms with van der Waals surface area (Å²) in [4.78, 5) is 12.4. The van der Waals surface area contributed by atoms with Crippen LogP contribution in [0.15, 0.2) is 18.2 Å². The summed E-state index contributed by atoms with van der Waals surface area (Å²) in [6, 6.07) is 4.01. The topological polar surface area (TPSA) is 56.1 Å². The number of aryl methyl sites for hydroxylation is 1. The minimum absolute atomic E-state index is 0.311. The molecule has 0 fully saturated rings. The number of nitrogens with one attached hydrogen (secondary N) is 1. The van der Waals surface area contributed by atoms with Crippen LogP contribution in [0.2, 0.25) is 10.0 Å². The Kier molecular flexibility index (Phi) is 6.54. The van der Waals surface area contributed by atoms with Crippen molar-refractivity contribution < 1.29 is 22.7 Å². The maximum absolute atomic E-state index is 14.0. The summed E-state index contributed by atoms with van der Waals surface area (Å²) >= 11 is 12.0. The lowest BCUT2D eigenvalue weighted by Crippen LogP contribution is -2.38. The average molecular weight is 410 g/mol. The second-order valence-corrected chi connectivity index (χ2v) is 6.40. The number of methoxy groups -OCH3 is 1. The Hall–Kier alpha value is -1.77. The van der Waals surface area contributed by atoms with Gasteiger partial charge in [-0.1, -0.05) is 29.3 Å². The van der Waals surface area contributed by atoms with Crippen LogP contribution in [-0.4, -0.2) is 28.8 Å². The molecule has 1 heterocycles. The Balaban J connectivity index is 2.28. The van der Waals surface area contributed by atoms with Crippen molar-refractivity contribution in [3.8, 4) is 0 Å². The highest BCUT2D eigenvalue weighted by atomic mass is 35.5. The van der Waals surface area contributed by atoms with E-state index in [0.717, 1.165) is 7.05 Å². The quantitative estimate of drug-likeness (QED) is 0.773. The summed E-state index contributed by atoms with van der Waals surface area (Å²) in [5, 5.41) is 6.54. The van der Waals surface area contributed by atoms with Gasteiger partial charge in [0.2, 0.25) is 5.95 Å². The van der Waals surface area contributed by atoms with E-state index >= 15 is 0 Å². The molecule has 1 N–H and O–H groups in total. The van der Waals surface area contributed by atoms with E-state index in [2.05, 4.69) is 10.4 Å². The van der Waals surface area contributed by atoms with E-state index in [4.69, 9.17) is 27.9 Å². The predicted molar refractivity (Wildman–Crippen MR) is 91.3 cm³/mol. The van der Waals surface area contributed by atoms with E-state index in [-0.39, 0.29) is 0 Å². The highest BCUT2D eigenvalue weighted by Gasteiger charge is 2.31. The minimum atomic E-state index is -3.09. The van der Waals surface area contributed by atoms with Gasteiger partial charge in [-0.3, -0.25) is 4.79 Å². The van der Waals surface area contributed by atoms with E-state index in [9.17, 15) is 18.0 Å². The molecular weight excluding hydrogens is 394 g/mol. The van der Waals surface area contributed by atoms with Gasteiger partial charge < -0.3 is 10.1 Å². The number of nitrogens with zero attached hydrogens (tertiary/aromatic N) is 2. The number of benzene rings is 1. The summed E-state index contributed by atoms with van der Waals surface area (Å²) < 4.78 is 46.0. The lowest BCUT2D eigenvalue weighted by atomic mass is 10.0. The Morgan fingerprint density at radius 3 is 2.54 bits per heavy atom. The molecule has 2 unspecified atom stereocenters. The fourth-order valence-corrected chi connectivity index (χ4v) is 3.09. The van der Waals surface area contributed by atoms with E-state index in [0.29, 0.717) is 20.3 Å². The fourth-order valence-electron chi connectivity index (χ4n) is 2.57. The number of ether oxygens (including phenoxy) is 1. The third-order valence-corrected chi connectivity index (χ3v) is 4.34. The first-order valence-electron chi connectivity index (χ1n) is 7.46. The number of amides is 1. The molecule has 0 aliphatic heterocycles. The van der Waals surface area contributed by atoms with Gasteiger partial charge in [0.1, 0.15) is 17.4 Å². The first kappa shape index (κ1) is 20.5. The van der Waals surface area contributed by atoms with Crippen molar-refractivity contribution in [3.63, 3.8) is 0 Å². The maximum atomic E-state index is 14.0. The number of halogens is 5. The zero-order valence-corrected chi connectivity index (χ0v) is 15.6. The van der Waals surface area contributed by atoms with Crippen molar-refractivity contribution in [1.29, 1.82) is 0 Å².